The average molecular weight is 290 g/mol. The minimum atomic E-state index is -0.234. The highest BCUT2D eigenvalue weighted by atomic mass is 16.2. The fourth-order valence-corrected chi connectivity index (χ4v) is 2.73. The molecule has 2 aromatic heterocycles. The van der Waals surface area contributed by atoms with Crippen LogP contribution in [0.25, 0.3) is 11.0 Å². The highest BCUT2D eigenvalue weighted by molar-refractivity contribution is 5.92. The van der Waals surface area contributed by atoms with Crippen molar-refractivity contribution in [1.82, 2.24) is 25.5 Å². The second kappa shape index (κ2) is 5.52. The number of aromatic nitrogens is 4. The Bertz CT molecular complexity index is 654. The number of nitrogen functional groups attached to an aromatic ring is 1. The van der Waals surface area contributed by atoms with Crippen molar-refractivity contribution in [2.75, 3.05) is 23.9 Å². The van der Waals surface area contributed by atoms with Gasteiger partial charge in [0.1, 0.15) is 11.9 Å². The van der Waals surface area contributed by atoms with Crippen LogP contribution in [0.2, 0.25) is 0 Å². The molecule has 1 aliphatic heterocycles. The van der Waals surface area contributed by atoms with Gasteiger partial charge in [-0.05, 0) is 19.3 Å². The Balaban J connectivity index is 2.08. The fourth-order valence-electron chi connectivity index (χ4n) is 2.73. The Morgan fingerprint density at radius 3 is 3.10 bits per heavy atom. The third-order valence-electron chi connectivity index (χ3n) is 3.74. The van der Waals surface area contributed by atoms with E-state index in [2.05, 4.69) is 30.9 Å². The van der Waals surface area contributed by atoms with Crippen LogP contribution in [0.5, 0.6) is 0 Å². The number of likely N-dealkylation sites (N-methyl/N-ethyl adjacent to an activating group) is 1. The van der Waals surface area contributed by atoms with Crippen molar-refractivity contribution in [3.8, 4) is 0 Å². The molecule has 2 aromatic rings. The zero-order valence-corrected chi connectivity index (χ0v) is 11.8. The van der Waals surface area contributed by atoms with E-state index < -0.39 is 0 Å². The Morgan fingerprint density at radius 1 is 1.48 bits per heavy atom. The number of nitrogens with one attached hydrogen (secondary N) is 3. The number of carbonyl (C=O) groups excluding carboxylic acids is 1. The van der Waals surface area contributed by atoms with Crippen LogP contribution in [0.1, 0.15) is 19.3 Å². The van der Waals surface area contributed by atoms with Gasteiger partial charge < -0.3 is 10.2 Å². The minimum absolute atomic E-state index is 0.00721. The zero-order valence-electron chi connectivity index (χ0n) is 11.8. The number of fused-ring (bicyclic) bond motifs is 1. The molecule has 1 aliphatic rings. The first-order valence-corrected chi connectivity index (χ1v) is 6.90. The van der Waals surface area contributed by atoms with Gasteiger partial charge in [0.15, 0.2) is 5.65 Å². The van der Waals surface area contributed by atoms with Gasteiger partial charge in [-0.3, -0.25) is 15.3 Å². The quantitative estimate of drug-likeness (QED) is 0.453. The molecule has 1 fully saturated rings. The number of rotatable bonds is 3. The molecule has 0 saturated carbocycles. The van der Waals surface area contributed by atoms with E-state index in [0.717, 1.165) is 31.2 Å². The number of piperidine rings is 1. The van der Waals surface area contributed by atoms with Gasteiger partial charge in [-0.2, -0.15) is 15.1 Å². The number of anilines is 2. The van der Waals surface area contributed by atoms with Crippen LogP contribution in [0.3, 0.4) is 0 Å². The Morgan fingerprint density at radius 2 is 2.33 bits per heavy atom. The maximum atomic E-state index is 12.1. The van der Waals surface area contributed by atoms with Crippen molar-refractivity contribution < 1.29 is 4.79 Å². The van der Waals surface area contributed by atoms with Gasteiger partial charge in [0.05, 0.1) is 11.6 Å². The van der Waals surface area contributed by atoms with Crippen LogP contribution >= 0.6 is 0 Å². The number of H-pyrrole nitrogens is 1. The van der Waals surface area contributed by atoms with Crippen LogP contribution in [-0.2, 0) is 4.79 Å². The number of hydrazine groups is 1. The summed E-state index contributed by atoms with van der Waals surface area (Å²) in [7, 11) is 1.65. The van der Waals surface area contributed by atoms with Gasteiger partial charge in [0, 0.05) is 13.6 Å². The maximum absolute atomic E-state index is 12.1. The van der Waals surface area contributed by atoms with Gasteiger partial charge in [-0.25, -0.2) is 5.84 Å². The number of carbonyl (C=O) groups is 1. The summed E-state index contributed by atoms with van der Waals surface area (Å²) < 4.78 is 0. The molecule has 1 atom stereocenters. The monoisotopic (exact) mass is 290 g/mol. The summed E-state index contributed by atoms with van der Waals surface area (Å²) in [5.74, 6) is 6.38. The zero-order chi connectivity index (χ0) is 14.8. The molecule has 9 nitrogen and oxygen atoms in total. The lowest BCUT2D eigenvalue weighted by atomic mass is 10.0. The molecular weight excluding hydrogens is 272 g/mol. The number of aromatic amines is 1. The van der Waals surface area contributed by atoms with Gasteiger partial charge in [-0.1, -0.05) is 0 Å². The normalized spacial score (nSPS) is 18.8. The van der Waals surface area contributed by atoms with E-state index in [0.29, 0.717) is 17.4 Å². The van der Waals surface area contributed by atoms with E-state index in [-0.39, 0.29) is 11.9 Å². The second-order valence-corrected chi connectivity index (χ2v) is 4.97. The molecule has 0 aliphatic carbocycles. The molecule has 21 heavy (non-hydrogen) atoms. The lowest BCUT2D eigenvalue weighted by Crippen LogP contribution is -2.49. The van der Waals surface area contributed by atoms with Crippen molar-refractivity contribution in [3.05, 3.63) is 6.20 Å². The number of amides is 1. The summed E-state index contributed by atoms with van der Waals surface area (Å²) >= 11 is 0. The predicted molar refractivity (Wildman–Crippen MR) is 78.5 cm³/mol. The second-order valence-electron chi connectivity index (χ2n) is 4.97. The number of nitrogens with two attached hydrogens (primary N) is 1. The van der Waals surface area contributed by atoms with E-state index in [1.54, 1.807) is 13.2 Å². The molecule has 9 heteroatoms. The fraction of sp³-hybridized carbons (Fsp3) is 0.500. The van der Waals surface area contributed by atoms with Crippen LogP contribution in [0.4, 0.5) is 11.8 Å². The van der Waals surface area contributed by atoms with Crippen LogP contribution < -0.4 is 21.5 Å². The van der Waals surface area contributed by atoms with E-state index in [1.807, 2.05) is 4.90 Å². The smallest absolute Gasteiger partial charge is 0.242 e. The molecular formula is C12H18N8O. The minimum Gasteiger partial charge on any atom is -0.357 e. The first-order valence-electron chi connectivity index (χ1n) is 6.90. The van der Waals surface area contributed by atoms with E-state index >= 15 is 0 Å². The van der Waals surface area contributed by atoms with Gasteiger partial charge in [-0.15, -0.1) is 0 Å². The van der Waals surface area contributed by atoms with E-state index in [1.165, 1.54) is 0 Å². The lowest BCUT2D eigenvalue weighted by Gasteiger charge is -2.35. The number of hydrogen-bond donors (Lipinski definition) is 4. The topological polar surface area (TPSA) is 125 Å². The molecule has 0 radical (unpaired) electrons. The Hall–Kier alpha value is -2.42. The molecule has 1 unspecified atom stereocenters. The summed E-state index contributed by atoms with van der Waals surface area (Å²) in [6.07, 6.45) is 4.51. The highest BCUT2D eigenvalue weighted by Crippen LogP contribution is 2.29. The number of hydrogen-bond acceptors (Lipinski definition) is 7. The SMILES string of the molecule is CNC(=O)C1CCCCN1c1nc(NN)nc2[nH]ncc12. The molecule has 1 amide bonds. The van der Waals surface area contributed by atoms with Crippen LogP contribution in [-0.4, -0.2) is 45.7 Å². The number of nitrogens with zero attached hydrogens (tertiary/aromatic N) is 4. The molecule has 0 aromatic carbocycles. The van der Waals surface area contributed by atoms with E-state index in [9.17, 15) is 4.79 Å². The van der Waals surface area contributed by atoms with Crippen molar-refractivity contribution in [2.45, 2.75) is 25.3 Å². The maximum Gasteiger partial charge on any atom is 0.242 e. The third kappa shape index (κ3) is 2.35. The summed E-state index contributed by atoms with van der Waals surface area (Å²) in [5.41, 5.74) is 3.04. The molecule has 3 rings (SSSR count). The Kier molecular flexibility index (Phi) is 3.57. The van der Waals surface area contributed by atoms with Crippen molar-refractivity contribution in [3.63, 3.8) is 0 Å². The van der Waals surface area contributed by atoms with E-state index in [4.69, 9.17) is 5.84 Å². The largest absolute Gasteiger partial charge is 0.357 e. The average Bonchev–Trinajstić information content (AvgIpc) is 3.01. The molecule has 1 saturated heterocycles. The Labute approximate surface area is 121 Å². The van der Waals surface area contributed by atoms with Crippen molar-refractivity contribution >= 4 is 28.7 Å². The molecule has 3 heterocycles. The molecule has 112 valence electrons. The summed E-state index contributed by atoms with van der Waals surface area (Å²) in [6.45, 7) is 0.763. The predicted octanol–water partition coefficient (Wildman–Crippen LogP) is -0.257. The van der Waals surface area contributed by atoms with Gasteiger partial charge in [0.2, 0.25) is 11.9 Å². The summed E-state index contributed by atoms with van der Waals surface area (Å²) in [6, 6.07) is -0.234. The lowest BCUT2D eigenvalue weighted by molar-refractivity contribution is -0.122. The van der Waals surface area contributed by atoms with Crippen LogP contribution in [0.15, 0.2) is 6.20 Å². The van der Waals surface area contributed by atoms with Gasteiger partial charge in [0.25, 0.3) is 0 Å². The highest BCUT2D eigenvalue weighted by Gasteiger charge is 2.30. The first kappa shape index (κ1) is 13.6. The molecule has 0 bridgehead atoms. The van der Waals surface area contributed by atoms with Crippen molar-refractivity contribution in [1.29, 1.82) is 0 Å². The van der Waals surface area contributed by atoms with Gasteiger partial charge >= 0.3 is 0 Å². The van der Waals surface area contributed by atoms with Crippen LogP contribution in [0, 0.1) is 0 Å². The standard InChI is InChI=1S/C12H18N8O/c1-14-11(21)8-4-2-3-5-20(8)10-7-6-15-19-9(7)16-12(17-10)18-13/h6,8H,2-5,13H2,1H3,(H,14,21)(H2,15,16,17,18,19). The molecule has 5 N–H and O–H groups in total. The van der Waals surface area contributed by atoms with Crippen molar-refractivity contribution in [2.24, 2.45) is 5.84 Å². The molecule has 0 spiro atoms. The summed E-state index contributed by atoms with van der Waals surface area (Å²) in [5, 5.41) is 10.3. The first-order chi connectivity index (χ1) is 10.2. The summed E-state index contributed by atoms with van der Waals surface area (Å²) in [4.78, 5) is 22.7. The third-order valence-corrected chi connectivity index (χ3v) is 3.74.